The van der Waals surface area contributed by atoms with Crippen molar-refractivity contribution in [2.45, 2.75) is 16.7 Å². The number of hydrogen-bond donors (Lipinski definition) is 1. The van der Waals surface area contributed by atoms with Gasteiger partial charge >= 0.3 is 0 Å². The maximum absolute atomic E-state index is 12.9. The molecule has 1 saturated heterocycles. The lowest BCUT2D eigenvalue weighted by molar-refractivity contribution is -0.113. The molecule has 3 rings (SSSR count). The molecule has 9 heteroatoms. The maximum atomic E-state index is 12.9. The highest BCUT2D eigenvalue weighted by Gasteiger charge is 2.28. The zero-order chi connectivity index (χ0) is 20.1. The Bertz CT molecular complexity index is 943. The summed E-state index contributed by atoms with van der Waals surface area (Å²) in [6.07, 6.45) is 0. The highest BCUT2D eigenvalue weighted by molar-refractivity contribution is 8.00. The van der Waals surface area contributed by atoms with Gasteiger partial charge in [-0.2, -0.15) is 4.31 Å². The van der Waals surface area contributed by atoms with Crippen LogP contribution in [0.4, 0.5) is 10.1 Å². The summed E-state index contributed by atoms with van der Waals surface area (Å²) in [4.78, 5) is 13.2. The first-order chi connectivity index (χ1) is 13.4. The van der Waals surface area contributed by atoms with Crippen LogP contribution in [0.15, 0.2) is 52.3 Å². The second-order valence-electron chi connectivity index (χ2n) is 6.29. The summed E-state index contributed by atoms with van der Waals surface area (Å²) < 4.78 is 45.4. The number of morpholine rings is 1. The quantitative estimate of drug-likeness (QED) is 0.722. The lowest BCUT2D eigenvalue weighted by Gasteiger charge is -2.26. The van der Waals surface area contributed by atoms with Gasteiger partial charge in [0.15, 0.2) is 0 Å². The van der Waals surface area contributed by atoms with Gasteiger partial charge in [0.05, 0.1) is 23.9 Å². The average Bonchev–Trinajstić information content (AvgIpc) is 2.69. The number of anilines is 1. The van der Waals surface area contributed by atoms with Gasteiger partial charge < -0.3 is 10.1 Å². The zero-order valence-corrected chi connectivity index (χ0v) is 17.0. The van der Waals surface area contributed by atoms with Crippen LogP contribution in [0.2, 0.25) is 0 Å². The molecule has 0 atom stereocenters. The van der Waals surface area contributed by atoms with E-state index in [1.807, 2.05) is 0 Å². The van der Waals surface area contributed by atoms with Crippen molar-refractivity contribution < 1.29 is 22.3 Å². The summed E-state index contributed by atoms with van der Waals surface area (Å²) in [5.74, 6) is -0.472. The van der Waals surface area contributed by atoms with Gasteiger partial charge in [0.25, 0.3) is 0 Å². The molecule has 0 unspecified atom stereocenters. The smallest absolute Gasteiger partial charge is 0.243 e. The zero-order valence-electron chi connectivity index (χ0n) is 15.4. The first-order valence-corrected chi connectivity index (χ1v) is 11.2. The maximum Gasteiger partial charge on any atom is 0.243 e. The number of carbonyl (C=O) groups excluding carboxylic acids is 1. The van der Waals surface area contributed by atoms with E-state index >= 15 is 0 Å². The Balaban J connectivity index is 1.68. The monoisotopic (exact) mass is 424 g/mol. The Morgan fingerprint density at radius 1 is 1.18 bits per heavy atom. The van der Waals surface area contributed by atoms with E-state index in [2.05, 4.69) is 5.32 Å². The normalized spacial score (nSPS) is 15.4. The first kappa shape index (κ1) is 20.8. The molecular formula is C19H21FN2O4S2. The highest BCUT2D eigenvalue weighted by atomic mass is 32.2. The predicted molar refractivity (Wildman–Crippen MR) is 107 cm³/mol. The molecule has 0 spiro atoms. The number of ether oxygens (including phenoxy) is 1. The van der Waals surface area contributed by atoms with Crippen molar-refractivity contribution in [1.82, 2.24) is 4.31 Å². The number of benzene rings is 2. The minimum Gasteiger partial charge on any atom is -0.379 e. The third kappa shape index (κ3) is 5.11. The number of halogens is 1. The topological polar surface area (TPSA) is 75.7 Å². The van der Waals surface area contributed by atoms with E-state index in [4.69, 9.17) is 4.74 Å². The molecule has 0 bridgehead atoms. The fourth-order valence-corrected chi connectivity index (χ4v) is 5.12. The highest BCUT2D eigenvalue weighted by Crippen LogP contribution is 2.25. The second-order valence-corrected chi connectivity index (χ2v) is 9.24. The number of nitrogens with one attached hydrogen (secondary N) is 1. The van der Waals surface area contributed by atoms with Crippen LogP contribution >= 0.6 is 11.8 Å². The lowest BCUT2D eigenvalue weighted by Crippen LogP contribution is -2.40. The van der Waals surface area contributed by atoms with Gasteiger partial charge in [0.1, 0.15) is 5.82 Å². The average molecular weight is 425 g/mol. The van der Waals surface area contributed by atoms with Crippen molar-refractivity contribution in [2.75, 3.05) is 37.4 Å². The van der Waals surface area contributed by atoms with E-state index in [1.165, 1.54) is 34.3 Å². The van der Waals surface area contributed by atoms with Crippen LogP contribution in [0.1, 0.15) is 5.56 Å². The van der Waals surface area contributed by atoms with Gasteiger partial charge in [0.2, 0.25) is 15.9 Å². The number of amides is 1. The molecule has 0 aliphatic carbocycles. The van der Waals surface area contributed by atoms with E-state index in [9.17, 15) is 17.6 Å². The molecule has 150 valence electrons. The Labute approximate surface area is 168 Å². The Morgan fingerprint density at radius 2 is 1.86 bits per heavy atom. The molecule has 1 fully saturated rings. The van der Waals surface area contributed by atoms with Crippen LogP contribution < -0.4 is 5.32 Å². The third-order valence-corrected chi connectivity index (χ3v) is 7.30. The van der Waals surface area contributed by atoms with E-state index in [1.54, 1.807) is 31.2 Å². The first-order valence-electron chi connectivity index (χ1n) is 8.73. The number of aryl methyl sites for hydroxylation is 1. The van der Waals surface area contributed by atoms with Gasteiger partial charge in [-0.25, -0.2) is 12.8 Å². The van der Waals surface area contributed by atoms with Gasteiger partial charge in [-0.1, -0.05) is 6.07 Å². The summed E-state index contributed by atoms with van der Waals surface area (Å²) >= 11 is 1.27. The number of sulfonamides is 1. The molecule has 1 aliphatic heterocycles. The minimum absolute atomic E-state index is 0.130. The molecule has 1 aliphatic rings. The van der Waals surface area contributed by atoms with E-state index in [-0.39, 0.29) is 22.4 Å². The molecule has 28 heavy (non-hydrogen) atoms. The number of nitrogens with zero attached hydrogens (tertiary/aromatic N) is 1. The molecule has 6 nitrogen and oxygen atoms in total. The fraction of sp³-hybridized carbons (Fsp3) is 0.316. The van der Waals surface area contributed by atoms with Crippen molar-refractivity contribution in [3.05, 3.63) is 53.8 Å². The molecule has 0 aromatic heterocycles. The van der Waals surface area contributed by atoms with E-state index in [0.717, 1.165) is 4.90 Å². The van der Waals surface area contributed by atoms with Gasteiger partial charge in [-0.3, -0.25) is 4.79 Å². The molecule has 2 aromatic carbocycles. The molecule has 0 radical (unpaired) electrons. The molecular weight excluding hydrogens is 403 g/mol. The third-order valence-electron chi connectivity index (χ3n) is 4.24. The number of carbonyl (C=O) groups is 1. The lowest BCUT2D eigenvalue weighted by atomic mass is 10.2. The summed E-state index contributed by atoms with van der Waals surface area (Å²) in [6.45, 7) is 3.09. The molecule has 1 amide bonds. The Kier molecular flexibility index (Phi) is 6.71. The van der Waals surface area contributed by atoms with Crippen molar-refractivity contribution in [2.24, 2.45) is 0 Å². The predicted octanol–water partition coefficient (Wildman–Crippen LogP) is 2.89. The van der Waals surface area contributed by atoms with Crippen molar-refractivity contribution in [1.29, 1.82) is 0 Å². The summed E-state index contributed by atoms with van der Waals surface area (Å²) in [5, 5.41) is 2.72. The van der Waals surface area contributed by atoms with Gasteiger partial charge in [0, 0.05) is 23.7 Å². The second kappa shape index (κ2) is 9.04. The largest absolute Gasteiger partial charge is 0.379 e. The number of rotatable bonds is 6. The fourth-order valence-electron chi connectivity index (χ4n) is 2.76. The minimum atomic E-state index is -3.65. The Morgan fingerprint density at radius 3 is 2.54 bits per heavy atom. The SMILES string of the molecule is Cc1ccc(NC(=O)CSc2ccc(F)cc2)cc1S(=O)(=O)N1CCOCC1. The molecule has 2 aromatic rings. The van der Waals surface area contributed by atoms with Crippen molar-refractivity contribution >= 4 is 33.4 Å². The summed E-state index contributed by atoms with van der Waals surface area (Å²) in [5.41, 5.74) is 1.03. The standard InChI is InChI=1S/C19H21FN2O4S2/c1-14-2-5-16(12-18(14)28(24,25)22-8-10-26-11-9-22)21-19(23)13-27-17-6-3-15(20)4-7-17/h2-7,12H,8-11,13H2,1H3,(H,21,23). The van der Waals surface area contributed by atoms with Gasteiger partial charge in [-0.15, -0.1) is 11.8 Å². The summed E-state index contributed by atoms with van der Waals surface area (Å²) in [7, 11) is -3.65. The van der Waals surface area contributed by atoms with Crippen LogP contribution in [0.3, 0.4) is 0 Å². The number of thioether (sulfide) groups is 1. The van der Waals surface area contributed by atoms with Crippen LogP contribution in [0, 0.1) is 12.7 Å². The van der Waals surface area contributed by atoms with E-state index in [0.29, 0.717) is 37.6 Å². The Hall–Kier alpha value is -1.94. The van der Waals surface area contributed by atoms with Gasteiger partial charge in [-0.05, 0) is 48.9 Å². The van der Waals surface area contributed by atoms with E-state index < -0.39 is 10.0 Å². The van der Waals surface area contributed by atoms with Crippen LogP contribution in [0.25, 0.3) is 0 Å². The molecule has 1 heterocycles. The van der Waals surface area contributed by atoms with Crippen LogP contribution in [-0.4, -0.2) is 50.7 Å². The number of hydrogen-bond acceptors (Lipinski definition) is 5. The van der Waals surface area contributed by atoms with Crippen molar-refractivity contribution in [3.63, 3.8) is 0 Å². The van der Waals surface area contributed by atoms with Crippen LogP contribution in [0.5, 0.6) is 0 Å². The summed E-state index contributed by atoms with van der Waals surface area (Å²) in [6, 6.07) is 10.7. The van der Waals surface area contributed by atoms with Crippen LogP contribution in [-0.2, 0) is 19.6 Å². The molecule has 1 N–H and O–H groups in total. The molecule has 0 saturated carbocycles. The van der Waals surface area contributed by atoms with Crippen molar-refractivity contribution in [3.8, 4) is 0 Å².